The fourth-order valence-electron chi connectivity index (χ4n) is 2.32. The first-order valence-electron chi connectivity index (χ1n) is 6.84. The molecular formula is C15H19N3OS2. The number of thioether (sulfide) groups is 1. The fraction of sp³-hybridized carbons (Fsp3) is 0.467. The second-order valence-corrected chi connectivity index (χ2v) is 8.09. The minimum atomic E-state index is -0.117. The van der Waals surface area contributed by atoms with Crippen molar-refractivity contribution in [3.63, 3.8) is 0 Å². The van der Waals surface area contributed by atoms with E-state index < -0.39 is 0 Å². The zero-order chi connectivity index (χ0) is 15.2. The quantitative estimate of drug-likeness (QED) is 0.529. The van der Waals surface area contributed by atoms with E-state index >= 15 is 0 Å². The summed E-state index contributed by atoms with van der Waals surface area (Å²) in [5, 5.41) is 0.716. The van der Waals surface area contributed by atoms with Crippen LogP contribution in [0.5, 0.6) is 0 Å². The summed E-state index contributed by atoms with van der Waals surface area (Å²) in [6, 6.07) is 0. The van der Waals surface area contributed by atoms with E-state index in [-0.39, 0.29) is 5.60 Å². The summed E-state index contributed by atoms with van der Waals surface area (Å²) in [6.07, 6.45) is 0.900. The van der Waals surface area contributed by atoms with Crippen LogP contribution in [0.4, 0.5) is 5.82 Å². The van der Waals surface area contributed by atoms with E-state index in [1.807, 2.05) is 6.92 Å². The van der Waals surface area contributed by atoms with Gasteiger partial charge >= 0.3 is 0 Å². The van der Waals surface area contributed by atoms with Crippen LogP contribution in [0.3, 0.4) is 0 Å². The molecule has 0 atom stereocenters. The van der Waals surface area contributed by atoms with Crippen LogP contribution in [-0.4, -0.2) is 21.3 Å². The Morgan fingerprint density at radius 2 is 2.24 bits per heavy atom. The van der Waals surface area contributed by atoms with Gasteiger partial charge in [-0.1, -0.05) is 23.9 Å². The maximum atomic E-state index is 6.13. The zero-order valence-corrected chi connectivity index (χ0v) is 14.2. The lowest BCUT2D eigenvalue weighted by atomic mass is 9.98. The summed E-state index contributed by atoms with van der Waals surface area (Å²) in [4.78, 5) is 10.4. The Morgan fingerprint density at radius 1 is 1.48 bits per heavy atom. The van der Waals surface area contributed by atoms with Crippen LogP contribution < -0.4 is 5.73 Å². The van der Waals surface area contributed by atoms with Crippen LogP contribution >= 0.6 is 23.1 Å². The highest BCUT2D eigenvalue weighted by Gasteiger charge is 2.30. The molecule has 0 spiro atoms. The van der Waals surface area contributed by atoms with Gasteiger partial charge in [0.15, 0.2) is 5.16 Å². The molecule has 3 rings (SSSR count). The third-order valence-electron chi connectivity index (χ3n) is 3.36. The Balaban J connectivity index is 2.04. The maximum Gasteiger partial charge on any atom is 0.190 e. The minimum absolute atomic E-state index is 0.117. The van der Waals surface area contributed by atoms with Crippen LogP contribution in [-0.2, 0) is 17.8 Å². The normalized spacial score (nSPS) is 16.9. The Bertz CT molecular complexity index is 721. The number of anilines is 1. The predicted octanol–water partition coefficient (Wildman–Crippen LogP) is 3.79. The first kappa shape index (κ1) is 14.8. The minimum Gasteiger partial charge on any atom is -0.382 e. The molecule has 0 aromatic carbocycles. The third kappa shape index (κ3) is 2.93. The highest BCUT2D eigenvalue weighted by atomic mass is 32.2. The number of ether oxygens (including phenoxy) is 1. The number of thiophene rings is 1. The molecule has 3 heterocycles. The number of rotatable bonds is 3. The lowest BCUT2D eigenvalue weighted by molar-refractivity contribution is -0.0383. The first-order chi connectivity index (χ1) is 9.85. The van der Waals surface area contributed by atoms with Gasteiger partial charge in [-0.25, -0.2) is 9.97 Å². The molecule has 0 bridgehead atoms. The summed E-state index contributed by atoms with van der Waals surface area (Å²) >= 11 is 3.28. The molecule has 1 aliphatic rings. The van der Waals surface area contributed by atoms with Crippen molar-refractivity contribution < 1.29 is 4.74 Å². The third-order valence-corrected chi connectivity index (χ3v) is 5.68. The monoisotopic (exact) mass is 321 g/mol. The molecule has 4 nitrogen and oxygen atoms in total. The molecular weight excluding hydrogens is 302 g/mol. The SMILES string of the molecule is C=C(C)CSc1nc(N)c2sc3c(c2n1)COC(C)(C)C3. The van der Waals surface area contributed by atoms with E-state index in [0.717, 1.165) is 28.0 Å². The van der Waals surface area contributed by atoms with Gasteiger partial charge < -0.3 is 10.5 Å². The zero-order valence-electron chi connectivity index (χ0n) is 12.5. The topological polar surface area (TPSA) is 61.0 Å². The van der Waals surface area contributed by atoms with Gasteiger partial charge in [0.2, 0.25) is 0 Å². The molecule has 0 saturated carbocycles. The van der Waals surface area contributed by atoms with Gasteiger partial charge in [0.05, 0.1) is 22.4 Å². The van der Waals surface area contributed by atoms with E-state index in [1.54, 1.807) is 23.1 Å². The van der Waals surface area contributed by atoms with Crippen LogP contribution in [0.2, 0.25) is 0 Å². The average Bonchev–Trinajstić information content (AvgIpc) is 2.73. The number of hydrogen-bond donors (Lipinski definition) is 1. The largest absolute Gasteiger partial charge is 0.382 e. The average molecular weight is 321 g/mol. The molecule has 1 aliphatic heterocycles. The number of nitrogens with two attached hydrogens (primary N) is 1. The molecule has 2 aromatic heterocycles. The highest BCUT2D eigenvalue weighted by Crippen LogP contribution is 2.40. The van der Waals surface area contributed by atoms with Crippen LogP contribution in [0.15, 0.2) is 17.3 Å². The molecule has 2 aromatic rings. The Morgan fingerprint density at radius 3 is 2.95 bits per heavy atom. The predicted molar refractivity (Wildman–Crippen MR) is 89.9 cm³/mol. The molecule has 0 unspecified atom stereocenters. The summed E-state index contributed by atoms with van der Waals surface area (Å²) in [5.41, 5.74) is 9.25. The first-order valence-corrected chi connectivity index (χ1v) is 8.65. The highest BCUT2D eigenvalue weighted by molar-refractivity contribution is 7.99. The lowest BCUT2D eigenvalue weighted by Crippen LogP contribution is -2.30. The van der Waals surface area contributed by atoms with Crippen molar-refractivity contribution in [2.45, 2.75) is 44.6 Å². The lowest BCUT2D eigenvalue weighted by Gasteiger charge is -2.29. The summed E-state index contributed by atoms with van der Waals surface area (Å²) in [7, 11) is 0. The molecule has 21 heavy (non-hydrogen) atoms. The number of fused-ring (bicyclic) bond motifs is 3. The van der Waals surface area contributed by atoms with Crippen molar-refractivity contribution in [3.8, 4) is 0 Å². The van der Waals surface area contributed by atoms with Crippen molar-refractivity contribution in [2.75, 3.05) is 11.5 Å². The van der Waals surface area contributed by atoms with Crippen LogP contribution in [0, 0.1) is 0 Å². The maximum absolute atomic E-state index is 6.13. The van der Waals surface area contributed by atoms with Gasteiger partial charge in [-0.2, -0.15) is 0 Å². The summed E-state index contributed by atoms with van der Waals surface area (Å²) in [5.74, 6) is 1.38. The molecule has 112 valence electrons. The van der Waals surface area contributed by atoms with Gasteiger partial charge in [0.1, 0.15) is 5.82 Å². The van der Waals surface area contributed by atoms with Crippen LogP contribution in [0.1, 0.15) is 31.2 Å². The van der Waals surface area contributed by atoms with Crippen molar-refractivity contribution in [3.05, 3.63) is 22.6 Å². The fourth-order valence-corrected chi connectivity index (χ4v) is 4.37. The molecule has 6 heteroatoms. The summed E-state index contributed by atoms with van der Waals surface area (Å²) in [6.45, 7) is 10.7. The molecule has 0 saturated heterocycles. The molecule has 0 radical (unpaired) electrons. The number of hydrogen-bond acceptors (Lipinski definition) is 6. The van der Waals surface area contributed by atoms with Crippen molar-refractivity contribution in [1.29, 1.82) is 0 Å². The van der Waals surface area contributed by atoms with Crippen molar-refractivity contribution in [2.24, 2.45) is 0 Å². The van der Waals surface area contributed by atoms with Crippen molar-refractivity contribution >= 4 is 39.1 Å². The van der Waals surface area contributed by atoms with Gasteiger partial charge in [0.25, 0.3) is 0 Å². The molecule has 0 amide bonds. The smallest absolute Gasteiger partial charge is 0.190 e. The van der Waals surface area contributed by atoms with Gasteiger partial charge in [0, 0.05) is 22.6 Å². The number of nitrogens with zero attached hydrogens (tertiary/aromatic N) is 2. The Labute approximate surface area is 132 Å². The van der Waals surface area contributed by atoms with Gasteiger partial charge in [-0.15, -0.1) is 11.3 Å². The Kier molecular flexibility index (Phi) is 3.71. The van der Waals surface area contributed by atoms with E-state index in [0.29, 0.717) is 17.6 Å². The molecule has 0 fully saturated rings. The second-order valence-electron chi connectivity index (χ2n) is 6.04. The number of aromatic nitrogens is 2. The standard InChI is InChI=1S/C15H19N3OS2/c1-8(2)7-20-14-17-11-9-6-19-15(3,4)5-10(9)21-12(11)13(16)18-14/h1,5-7H2,2-4H3,(H2,16,17,18). The summed E-state index contributed by atoms with van der Waals surface area (Å²) < 4.78 is 6.91. The Hall–Kier alpha value is -1.11. The second kappa shape index (κ2) is 5.26. The van der Waals surface area contributed by atoms with E-state index in [4.69, 9.17) is 15.5 Å². The van der Waals surface area contributed by atoms with Gasteiger partial charge in [-0.3, -0.25) is 0 Å². The number of nitrogen functional groups attached to an aromatic ring is 1. The molecule has 2 N–H and O–H groups in total. The van der Waals surface area contributed by atoms with Gasteiger partial charge in [-0.05, 0) is 20.8 Å². The van der Waals surface area contributed by atoms with Crippen LogP contribution in [0.25, 0.3) is 10.2 Å². The molecule has 0 aliphatic carbocycles. The van der Waals surface area contributed by atoms with E-state index in [9.17, 15) is 0 Å². The van der Waals surface area contributed by atoms with E-state index in [1.165, 1.54) is 10.4 Å². The van der Waals surface area contributed by atoms with Crippen molar-refractivity contribution in [1.82, 2.24) is 9.97 Å². The van der Waals surface area contributed by atoms with E-state index in [2.05, 4.69) is 25.4 Å².